The molecule has 1 unspecified atom stereocenters. The molecule has 0 aliphatic rings. The fourth-order valence-corrected chi connectivity index (χ4v) is 3.36. The minimum atomic E-state index is 0.178. The summed E-state index contributed by atoms with van der Waals surface area (Å²) in [4.78, 5) is 5.88. The molecule has 3 heteroatoms. The van der Waals surface area contributed by atoms with Gasteiger partial charge in [-0.2, -0.15) is 0 Å². The maximum absolute atomic E-state index is 5.64. The van der Waals surface area contributed by atoms with E-state index in [4.69, 9.17) is 4.74 Å². The van der Waals surface area contributed by atoms with Crippen LogP contribution >= 0.6 is 0 Å². The van der Waals surface area contributed by atoms with Crippen molar-refractivity contribution in [2.75, 3.05) is 20.2 Å². The second-order valence-electron chi connectivity index (χ2n) is 5.66. The molecule has 3 aromatic rings. The molecule has 3 nitrogen and oxygen atoms in total. The smallest absolute Gasteiger partial charge is 0.123 e. The Morgan fingerprint density at radius 3 is 2.39 bits per heavy atom. The molecular formula is C20H24N2O. The summed E-state index contributed by atoms with van der Waals surface area (Å²) in [7, 11) is 1.74. The van der Waals surface area contributed by atoms with Crippen molar-refractivity contribution in [3.63, 3.8) is 0 Å². The number of ether oxygens (including phenoxy) is 1. The Morgan fingerprint density at radius 1 is 0.957 bits per heavy atom. The number of aromatic nitrogens is 1. The van der Waals surface area contributed by atoms with E-state index < -0.39 is 0 Å². The molecule has 0 aliphatic carbocycles. The minimum Gasteiger partial charge on any atom is -0.496 e. The third-order valence-electron chi connectivity index (χ3n) is 4.53. The summed E-state index contributed by atoms with van der Waals surface area (Å²) in [6.45, 7) is 6.39. The number of para-hydroxylation sites is 2. The fourth-order valence-electron chi connectivity index (χ4n) is 3.36. The highest BCUT2D eigenvalue weighted by Gasteiger charge is 2.25. The molecule has 0 spiro atoms. The lowest BCUT2D eigenvalue weighted by atomic mass is 9.95. The van der Waals surface area contributed by atoms with Crippen LogP contribution in [0.5, 0.6) is 5.75 Å². The predicted molar refractivity (Wildman–Crippen MR) is 96.1 cm³/mol. The predicted octanol–water partition coefficient (Wildman–Crippen LogP) is 4.61. The molecule has 1 aromatic heterocycles. The van der Waals surface area contributed by atoms with Crippen LogP contribution in [0.2, 0.25) is 0 Å². The van der Waals surface area contributed by atoms with Gasteiger partial charge in [0, 0.05) is 22.7 Å². The average molecular weight is 308 g/mol. The molecule has 3 rings (SSSR count). The van der Waals surface area contributed by atoms with Crippen LogP contribution in [0.1, 0.15) is 31.0 Å². The molecule has 1 N–H and O–H groups in total. The van der Waals surface area contributed by atoms with Crippen LogP contribution in [-0.2, 0) is 0 Å². The lowest BCUT2D eigenvalue weighted by molar-refractivity contribution is 0.246. The van der Waals surface area contributed by atoms with Gasteiger partial charge in [-0.3, -0.25) is 4.90 Å². The van der Waals surface area contributed by atoms with Gasteiger partial charge in [-0.25, -0.2) is 0 Å². The number of H-pyrrole nitrogens is 1. The van der Waals surface area contributed by atoms with Gasteiger partial charge in [0.25, 0.3) is 0 Å². The first-order valence-corrected chi connectivity index (χ1v) is 8.23. The van der Waals surface area contributed by atoms with E-state index in [0.717, 1.165) is 18.8 Å². The van der Waals surface area contributed by atoms with Crippen molar-refractivity contribution in [1.82, 2.24) is 9.88 Å². The Balaban J connectivity index is 2.20. The van der Waals surface area contributed by atoms with Crippen LogP contribution in [0.25, 0.3) is 10.9 Å². The van der Waals surface area contributed by atoms with E-state index in [1.165, 1.54) is 22.0 Å². The SMILES string of the molecule is CCN(CC)C(c1ccccc1OC)c1c[nH]c2ccccc12. The largest absolute Gasteiger partial charge is 0.496 e. The summed E-state index contributed by atoms with van der Waals surface area (Å²) in [5.41, 5.74) is 3.69. The zero-order valence-electron chi connectivity index (χ0n) is 14.0. The number of methoxy groups -OCH3 is 1. The van der Waals surface area contributed by atoms with Gasteiger partial charge in [-0.1, -0.05) is 50.2 Å². The number of rotatable bonds is 6. The van der Waals surface area contributed by atoms with Gasteiger partial charge < -0.3 is 9.72 Å². The zero-order chi connectivity index (χ0) is 16.2. The monoisotopic (exact) mass is 308 g/mol. The van der Waals surface area contributed by atoms with Crippen molar-refractivity contribution >= 4 is 10.9 Å². The molecular weight excluding hydrogens is 284 g/mol. The van der Waals surface area contributed by atoms with E-state index in [2.05, 4.69) is 66.3 Å². The van der Waals surface area contributed by atoms with Crippen molar-refractivity contribution < 1.29 is 4.74 Å². The van der Waals surface area contributed by atoms with Crippen LogP contribution in [0.15, 0.2) is 54.7 Å². The quantitative estimate of drug-likeness (QED) is 0.720. The van der Waals surface area contributed by atoms with E-state index in [-0.39, 0.29) is 6.04 Å². The molecule has 0 amide bonds. The Kier molecular flexibility index (Phi) is 4.68. The summed E-state index contributed by atoms with van der Waals surface area (Å²) in [5.74, 6) is 0.940. The minimum absolute atomic E-state index is 0.178. The molecule has 2 aromatic carbocycles. The maximum Gasteiger partial charge on any atom is 0.123 e. The standard InChI is InChI=1S/C20H24N2O/c1-4-22(5-2)20(16-11-7-9-13-19(16)23-3)17-14-21-18-12-8-6-10-15(17)18/h6-14,20-21H,4-5H2,1-3H3. The van der Waals surface area contributed by atoms with Crippen molar-refractivity contribution in [2.45, 2.75) is 19.9 Å². The zero-order valence-corrected chi connectivity index (χ0v) is 14.0. The van der Waals surface area contributed by atoms with Gasteiger partial charge >= 0.3 is 0 Å². The van der Waals surface area contributed by atoms with Crippen LogP contribution in [0.3, 0.4) is 0 Å². The van der Waals surface area contributed by atoms with Crippen LogP contribution in [-0.4, -0.2) is 30.1 Å². The number of fused-ring (bicyclic) bond motifs is 1. The van der Waals surface area contributed by atoms with E-state index in [1.807, 2.05) is 12.1 Å². The summed E-state index contributed by atoms with van der Waals surface area (Å²) >= 11 is 0. The number of nitrogens with one attached hydrogen (secondary N) is 1. The Hall–Kier alpha value is -2.26. The maximum atomic E-state index is 5.64. The van der Waals surface area contributed by atoms with E-state index >= 15 is 0 Å². The number of aromatic amines is 1. The normalized spacial score (nSPS) is 12.7. The lowest BCUT2D eigenvalue weighted by Crippen LogP contribution is -2.29. The molecule has 0 bridgehead atoms. The van der Waals surface area contributed by atoms with Crippen LogP contribution in [0, 0.1) is 0 Å². The van der Waals surface area contributed by atoms with Gasteiger partial charge in [0.15, 0.2) is 0 Å². The van der Waals surface area contributed by atoms with Gasteiger partial charge in [-0.05, 0) is 30.8 Å². The highest BCUT2D eigenvalue weighted by Crippen LogP contribution is 2.37. The highest BCUT2D eigenvalue weighted by atomic mass is 16.5. The summed E-state index contributed by atoms with van der Waals surface area (Å²) in [6, 6.07) is 17.0. The topological polar surface area (TPSA) is 28.3 Å². The summed E-state index contributed by atoms with van der Waals surface area (Å²) in [5, 5.41) is 1.27. The third kappa shape index (κ3) is 2.84. The van der Waals surface area contributed by atoms with Crippen LogP contribution in [0.4, 0.5) is 0 Å². The van der Waals surface area contributed by atoms with Crippen molar-refractivity contribution in [2.24, 2.45) is 0 Å². The molecule has 0 radical (unpaired) electrons. The third-order valence-corrected chi connectivity index (χ3v) is 4.53. The molecule has 0 fully saturated rings. The molecule has 0 aliphatic heterocycles. The van der Waals surface area contributed by atoms with Crippen molar-refractivity contribution in [1.29, 1.82) is 0 Å². The second kappa shape index (κ2) is 6.88. The lowest BCUT2D eigenvalue weighted by Gasteiger charge is -2.31. The first-order valence-electron chi connectivity index (χ1n) is 8.23. The molecule has 0 saturated heterocycles. The highest BCUT2D eigenvalue weighted by molar-refractivity contribution is 5.84. The Labute approximate surface area is 137 Å². The summed E-state index contributed by atoms with van der Waals surface area (Å²) < 4.78 is 5.64. The van der Waals surface area contributed by atoms with Gasteiger partial charge in [0.1, 0.15) is 5.75 Å². The molecule has 23 heavy (non-hydrogen) atoms. The number of hydrogen-bond acceptors (Lipinski definition) is 2. The second-order valence-corrected chi connectivity index (χ2v) is 5.66. The molecule has 0 saturated carbocycles. The molecule has 1 heterocycles. The van der Waals surface area contributed by atoms with E-state index in [0.29, 0.717) is 0 Å². The number of nitrogens with zero attached hydrogens (tertiary/aromatic N) is 1. The summed E-state index contributed by atoms with van der Waals surface area (Å²) in [6.07, 6.45) is 2.14. The van der Waals surface area contributed by atoms with Crippen molar-refractivity contribution in [3.8, 4) is 5.75 Å². The Bertz CT molecular complexity index is 774. The van der Waals surface area contributed by atoms with Crippen molar-refractivity contribution in [3.05, 3.63) is 65.9 Å². The number of benzene rings is 2. The van der Waals surface area contributed by atoms with Gasteiger partial charge in [0.05, 0.1) is 13.2 Å². The first kappa shape index (κ1) is 15.6. The number of hydrogen-bond donors (Lipinski definition) is 1. The molecule has 1 atom stereocenters. The average Bonchev–Trinajstić information content (AvgIpc) is 3.03. The van der Waals surface area contributed by atoms with Crippen LogP contribution < -0.4 is 4.74 Å². The van der Waals surface area contributed by atoms with Gasteiger partial charge in [0.2, 0.25) is 0 Å². The fraction of sp³-hybridized carbons (Fsp3) is 0.300. The Morgan fingerprint density at radius 2 is 1.65 bits per heavy atom. The van der Waals surface area contributed by atoms with E-state index in [9.17, 15) is 0 Å². The molecule has 120 valence electrons. The van der Waals surface area contributed by atoms with E-state index in [1.54, 1.807) is 7.11 Å². The first-order chi connectivity index (χ1) is 11.3. The van der Waals surface area contributed by atoms with Gasteiger partial charge in [-0.15, -0.1) is 0 Å².